The first kappa shape index (κ1) is 12.7. The summed E-state index contributed by atoms with van der Waals surface area (Å²) in [4.78, 5) is 0. The minimum atomic E-state index is -0.504. The Balaban J connectivity index is 1.77. The van der Waals surface area contributed by atoms with Crippen molar-refractivity contribution in [3.63, 3.8) is 0 Å². The molecule has 0 spiro atoms. The molecule has 0 radical (unpaired) electrons. The highest BCUT2D eigenvalue weighted by atomic mass is 16.3. The first-order chi connectivity index (χ1) is 9.84. The molecule has 0 fully saturated rings. The van der Waals surface area contributed by atoms with Crippen LogP contribution in [0.4, 0.5) is 5.69 Å². The lowest BCUT2D eigenvalue weighted by Crippen LogP contribution is -2.12. The van der Waals surface area contributed by atoms with Crippen LogP contribution in [0.25, 0.3) is 10.8 Å². The van der Waals surface area contributed by atoms with Gasteiger partial charge in [0.25, 0.3) is 0 Å². The number of benzene rings is 3. The highest BCUT2D eigenvalue weighted by Crippen LogP contribution is 2.23. The maximum Gasteiger partial charge on any atom is 0.0962 e. The maximum absolute atomic E-state index is 10.2. The van der Waals surface area contributed by atoms with Gasteiger partial charge in [-0.3, -0.25) is 0 Å². The summed E-state index contributed by atoms with van der Waals surface area (Å²) in [6, 6.07) is 24.1. The number of hydrogen-bond donors (Lipinski definition) is 2. The Morgan fingerprint density at radius 2 is 1.50 bits per heavy atom. The van der Waals surface area contributed by atoms with Gasteiger partial charge in [-0.25, -0.2) is 0 Å². The number of aliphatic hydroxyl groups excluding tert-OH is 1. The predicted octanol–water partition coefficient (Wildman–Crippen LogP) is 3.99. The molecular weight excluding hydrogens is 246 g/mol. The van der Waals surface area contributed by atoms with Gasteiger partial charge in [0.1, 0.15) is 0 Å². The predicted molar refractivity (Wildman–Crippen MR) is 83.8 cm³/mol. The zero-order valence-corrected chi connectivity index (χ0v) is 11.2. The smallest absolute Gasteiger partial charge is 0.0962 e. The van der Waals surface area contributed by atoms with Gasteiger partial charge in [0.15, 0.2) is 0 Å². The quantitative estimate of drug-likeness (QED) is 0.746. The molecule has 3 aromatic carbocycles. The van der Waals surface area contributed by atoms with Crippen LogP contribution in [0.1, 0.15) is 11.7 Å². The highest BCUT2D eigenvalue weighted by Gasteiger charge is 2.07. The molecule has 2 nitrogen and oxygen atoms in total. The van der Waals surface area contributed by atoms with E-state index < -0.39 is 6.10 Å². The summed E-state index contributed by atoms with van der Waals surface area (Å²) >= 11 is 0. The van der Waals surface area contributed by atoms with Crippen molar-refractivity contribution in [2.45, 2.75) is 6.10 Å². The summed E-state index contributed by atoms with van der Waals surface area (Å²) in [5.41, 5.74) is 1.98. The molecule has 1 atom stereocenters. The summed E-state index contributed by atoms with van der Waals surface area (Å²) in [5.74, 6) is 0. The van der Waals surface area contributed by atoms with Gasteiger partial charge in [-0.1, -0.05) is 66.7 Å². The van der Waals surface area contributed by atoms with Gasteiger partial charge >= 0.3 is 0 Å². The van der Waals surface area contributed by atoms with Crippen LogP contribution >= 0.6 is 0 Å². The van der Waals surface area contributed by atoms with Gasteiger partial charge in [0, 0.05) is 17.6 Å². The lowest BCUT2D eigenvalue weighted by Gasteiger charge is -2.14. The molecule has 0 unspecified atom stereocenters. The second kappa shape index (κ2) is 5.76. The Bertz CT molecular complexity index is 689. The third-order valence-corrected chi connectivity index (χ3v) is 3.46. The Labute approximate surface area is 118 Å². The average Bonchev–Trinajstić information content (AvgIpc) is 2.53. The van der Waals surface area contributed by atoms with Crippen LogP contribution in [0.5, 0.6) is 0 Å². The Kier molecular flexibility index (Phi) is 3.66. The molecule has 0 amide bonds. The summed E-state index contributed by atoms with van der Waals surface area (Å²) in [5, 5.41) is 15.9. The van der Waals surface area contributed by atoms with Crippen molar-refractivity contribution < 1.29 is 5.11 Å². The molecule has 0 aliphatic rings. The van der Waals surface area contributed by atoms with E-state index >= 15 is 0 Å². The molecular formula is C18H17NO. The first-order valence-corrected chi connectivity index (χ1v) is 6.79. The number of nitrogens with one attached hydrogen (secondary N) is 1. The topological polar surface area (TPSA) is 32.3 Å². The Morgan fingerprint density at radius 3 is 2.35 bits per heavy atom. The molecule has 0 aliphatic carbocycles. The van der Waals surface area contributed by atoms with Crippen molar-refractivity contribution in [2.24, 2.45) is 0 Å². The highest BCUT2D eigenvalue weighted by molar-refractivity contribution is 5.93. The zero-order chi connectivity index (χ0) is 13.8. The molecule has 20 heavy (non-hydrogen) atoms. The normalized spacial score (nSPS) is 12.2. The van der Waals surface area contributed by atoms with Crippen LogP contribution in [0, 0.1) is 0 Å². The van der Waals surface area contributed by atoms with Crippen LogP contribution < -0.4 is 5.32 Å². The minimum absolute atomic E-state index is 0.498. The van der Waals surface area contributed by atoms with Crippen molar-refractivity contribution in [2.75, 3.05) is 11.9 Å². The summed E-state index contributed by atoms with van der Waals surface area (Å²) < 4.78 is 0. The van der Waals surface area contributed by atoms with Gasteiger partial charge in [0.05, 0.1) is 6.10 Å². The van der Waals surface area contributed by atoms with Crippen LogP contribution in [0.2, 0.25) is 0 Å². The van der Waals surface area contributed by atoms with E-state index in [1.54, 1.807) is 0 Å². The number of aliphatic hydroxyl groups is 1. The van der Waals surface area contributed by atoms with Crippen molar-refractivity contribution in [1.82, 2.24) is 0 Å². The molecule has 0 aromatic heterocycles. The Morgan fingerprint density at radius 1 is 0.800 bits per heavy atom. The fourth-order valence-corrected chi connectivity index (χ4v) is 2.38. The number of rotatable bonds is 4. The van der Waals surface area contributed by atoms with Crippen molar-refractivity contribution in [3.8, 4) is 0 Å². The minimum Gasteiger partial charge on any atom is -0.387 e. The average molecular weight is 263 g/mol. The third-order valence-electron chi connectivity index (χ3n) is 3.46. The van der Waals surface area contributed by atoms with E-state index in [1.807, 2.05) is 54.6 Å². The van der Waals surface area contributed by atoms with Gasteiger partial charge < -0.3 is 10.4 Å². The summed E-state index contributed by atoms with van der Waals surface area (Å²) in [7, 11) is 0. The van der Waals surface area contributed by atoms with Crippen molar-refractivity contribution >= 4 is 16.5 Å². The molecule has 2 heteroatoms. The molecule has 0 saturated carbocycles. The lowest BCUT2D eigenvalue weighted by atomic mass is 10.1. The standard InChI is InChI=1S/C18H17NO/c20-18(15-8-2-1-3-9-15)13-19-17-12-6-10-14-7-4-5-11-16(14)17/h1-12,18-20H,13H2/t18-/m0/s1. The summed E-state index contributed by atoms with van der Waals surface area (Å²) in [6.07, 6.45) is -0.504. The summed E-state index contributed by atoms with van der Waals surface area (Å²) in [6.45, 7) is 0.498. The van der Waals surface area contributed by atoms with E-state index in [4.69, 9.17) is 0 Å². The van der Waals surface area contributed by atoms with Crippen LogP contribution in [0.15, 0.2) is 72.8 Å². The van der Waals surface area contributed by atoms with E-state index in [1.165, 1.54) is 10.8 Å². The van der Waals surface area contributed by atoms with Gasteiger partial charge in [-0.05, 0) is 17.0 Å². The lowest BCUT2D eigenvalue weighted by molar-refractivity contribution is 0.191. The largest absolute Gasteiger partial charge is 0.387 e. The van der Waals surface area contributed by atoms with Crippen LogP contribution in [-0.2, 0) is 0 Å². The van der Waals surface area contributed by atoms with E-state index in [0.717, 1.165) is 11.3 Å². The molecule has 0 bridgehead atoms. The number of hydrogen-bond acceptors (Lipinski definition) is 2. The third kappa shape index (κ3) is 2.65. The molecule has 0 aliphatic heterocycles. The molecule has 2 N–H and O–H groups in total. The van der Waals surface area contributed by atoms with E-state index in [0.29, 0.717) is 6.54 Å². The maximum atomic E-state index is 10.2. The van der Waals surface area contributed by atoms with E-state index in [-0.39, 0.29) is 0 Å². The van der Waals surface area contributed by atoms with Crippen molar-refractivity contribution in [1.29, 1.82) is 0 Å². The molecule has 100 valence electrons. The van der Waals surface area contributed by atoms with Crippen molar-refractivity contribution in [3.05, 3.63) is 78.4 Å². The number of fused-ring (bicyclic) bond motifs is 1. The monoisotopic (exact) mass is 263 g/mol. The fourth-order valence-electron chi connectivity index (χ4n) is 2.38. The van der Waals surface area contributed by atoms with E-state index in [2.05, 4.69) is 23.5 Å². The van der Waals surface area contributed by atoms with Gasteiger partial charge in [-0.2, -0.15) is 0 Å². The van der Waals surface area contributed by atoms with Crippen LogP contribution in [0.3, 0.4) is 0 Å². The Hall–Kier alpha value is -2.32. The molecule has 0 saturated heterocycles. The second-order valence-corrected chi connectivity index (χ2v) is 4.83. The molecule has 3 rings (SSSR count). The first-order valence-electron chi connectivity index (χ1n) is 6.79. The molecule has 0 heterocycles. The van der Waals surface area contributed by atoms with Crippen LogP contribution in [-0.4, -0.2) is 11.7 Å². The SMILES string of the molecule is O[C@@H](CNc1cccc2ccccc12)c1ccccc1. The number of anilines is 1. The molecule has 3 aromatic rings. The zero-order valence-electron chi connectivity index (χ0n) is 11.2. The fraction of sp³-hybridized carbons (Fsp3) is 0.111. The van der Waals surface area contributed by atoms with Gasteiger partial charge in [-0.15, -0.1) is 0 Å². The van der Waals surface area contributed by atoms with E-state index in [9.17, 15) is 5.11 Å². The van der Waals surface area contributed by atoms with Gasteiger partial charge in [0.2, 0.25) is 0 Å². The second-order valence-electron chi connectivity index (χ2n) is 4.83.